The summed E-state index contributed by atoms with van der Waals surface area (Å²) in [4.78, 5) is 23.8. The van der Waals surface area contributed by atoms with Crippen LogP contribution in [0.4, 0.5) is 0 Å². The van der Waals surface area contributed by atoms with Gasteiger partial charge >= 0.3 is 11.9 Å². The van der Waals surface area contributed by atoms with Crippen molar-refractivity contribution in [2.75, 3.05) is 13.2 Å². The van der Waals surface area contributed by atoms with Gasteiger partial charge in [-0.2, -0.15) is 0 Å². The van der Waals surface area contributed by atoms with Crippen molar-refractivity contribution in [3.63, 3.8) is 0 Å². The van der Waals surface area contributed by atoms with Crippen molar-refractivity contribution >= 4 is 11.9 Å². The zero-order valence-electron chi connectivity index (χ0n) is 27.2. The largest absolute Gasteiger partial charge is 0.463 e. The molecule has 238 valence electrons. The molecule has 40 heavy (non-hydrogen) atoms. The molecule has 0 bridgehead atoms. The lowest BCUT2D eigenvalue weighted by molar-refractivity contribution is -0.152. The predicted octanol–water partition coefficient (Wildman–Crippen LogP) is 10.1. The van der Waals surface area contributed by atoms with Crippen molar-refractivity contribution < 1.29 is 24.2 Å². The van der Waals surface area contributed by atoms with E-state index in [9.17, 15) is 14.7 Å². The Labute approximate surface area is 248 Å². The first-order chi connectivity index (χ1) is 19.3. The van der Waals surface area contributed by atoms with E-state index in [1.54, 1.807) is 0 Å². The summed E-state index contributed by atoms with van der Waals surface area (Å²) in [7, 11) is 0. The van der Waals surface area contributed by atoms with Crippen molar-refractivity contribution in [3.05, 3.63) is 0 Å². The number of carbonyl (C=O) groups is 2. The molecule has 0 aromatic carbocycles. The Morgan fingerprint density at radius 1 is 0.450 bits per heavy atom. The van der Waals surface area contributed by atoms with E-state index in [4.69, 9.17) is 9.47 Å². The summed E-state index contributed by atoms with van der Waals surface area (Å²) < 4.78 is 10.3. The van der Waals surface area contributed by atoms with E-state index in [-0.39, 0.29) is 25.2 Å². The maximum atomic E-state index is 11.9. The minimum atomic E-state index is -0.955. The number of unbranched alkanes of at least 4 members (excludes halogenated alkanes) is 18. The van der Waals surface area contributed by atoms with Crippen LogP contribution in [0.1, 0.15) is 182 Å². The number of hydrogen-bond acceptors (Lipinski definition) is 5. The van der Waals surface area contributed by atoms with Crippen LogP contribution < -0.4 is 0 Å². The van der Waals surface area contributed by atoms with E-state index in [1.165, 1.54) is 109 Å². The Balaban J connectivity index is 3.40. The highest BCUT2D eigenvalue weighted by Gasteiger charge is 2.12. The zero-order chi connectivity index (χ0) is 29.7. The van der Waals surface area contributed by atoms with Crippen LogP contribution in [0.5, 0.6) is 0 Å². The smallest absolute Gasteiger partial charge is 0.305 e. The molecule has 0 aliphatic heterocycles. The molecule has 1 atom stereocenters. The fraction of sp³-hybridized carbons (Fsp3) is 0.943. The van der Waals surface area contributed by atoms with Gasteiger partial charge in [0.25, 0.3) is 0 Å². The van der Waals surface area contributed by atoms with Crippen LogP contribution in [0.2, 0.25) is 0 Å². The van der Waals surface area contributed by atoms with E-state index in [0.29, 0.717) is 12.8 Å². The molecule has 0 aromatic rings. The van der Waals surface area contributed by atoms with Crippen LogP contribution in [-0.4, -0.2) is 36.4 Å². The number of ether oxygens (including phenoxy) is 2. The molecule has 0 saturated heterocycles. The van der Waals surface area contributed by atoms with Gasteiger partial charge in [0, 0.05) is 12.8 Å². The molecule has 5 nitrogen and oxygen atoms in total. The maximum Gasteiger partial charge on any atom is 0.305 e. The van der Waals surface area contributed by atoms with E-state index in [2.05, 4.69) is 27.7 Å². The van der Waals surface area contributed by atoms with Crippen LogP contribution in [-0.2, 0) is 19.1 Å². The highest BCUT2D eigenvalue weighted by molar-refractivity contribution is 5.69. The molecule has 0 spiro atoms. The van der Waals surface area contributed by atoms with Gasteiger partial charge < -0.3 is 14.6 Å². The van der Waals surface area contributed by atoms with Gasteiger partial charge in [0.15, 0.2) is 0 Å². The Bertz CT molecular complexity index is 560. The van der Waals surface area contributed by atoms with Crippen LogP contribution in [0, 0.1) is 11.8 Å². The molecule has 0 aromatic heterocycles. The van der Waals surface area contributed by atoms with Gasteiger partial charge in [-0.05, 0) is 24.7 Å². The number of rotatable bonds is 30. The Kier molecular flexibility index (Phi) is 28.6. The molecule has 0 aliphatic rings. The summed E-state index contributed by atoms with van der Waals surface area (Å²) in [6.07, 6.45) is 27.3. The van der Waals surface area contributed by atoms with Gasteiger partial charge in [0.1, 0.15) is 19.3 Å². The van der Waals surface area contributed by atoms with Gasteiger partial charge in [-0.15, -0.1) is 0 Å². The molecular formula is C35H68O5. The average Bonchev–Trinajstić information content (AvgIpc) is 2.91. The van der Waals surface area contributed by atoms with Gasteiger partial charge in [-0.3, -0.25) is 9.59 Å². The molecular weight excluding hydrogens is 500 g/mol. The lowest BCUT2D eigenvalue weighted by Crippen LogP contribution is -2.25. The highest BCUT2D eigenvalue weighted by atomic mass is 16.6. The fourth-order valence-corrected chi connectivity index (χ4v) is 5.04. The molecule has 5 heteroatoms. The summed E-state index contributed by atoms with van der Waals surface area (Å²) >= 11 is 0. The lowest BCUT2D eigenvalue weighted by atomic mass is 10.0. The molecule has 0 amide bonds. The Hall–Kier alpha value is -1.10. The fourth-order valence-electron chi connectivity index (χ4n) is 5.04. The van der Waals surface area contributed by atoms with Crippen LogP contribution in [0.15, 0.2) is 0 Å². The summed E-state index contributed by atoms with van der Waals surface area (Å²) in [6, 6.07) is 0. The van der Waals surface area contributed by atoms with Crippen molar-refractivity contribution in [1.82, 2.24) is 0 Å². The van der Waals surface area contributed by atoms with Crippen LogP contribution in [0.25, 0.3) is 0 Å². The maximum absolute atomic E-state index is 11.9. The minimum Gasteiger partial charge on any atom is -0.463 e. The second-order valence-corrected chi connectivity index (χ2v) is 13.0. The molecule has 0 aliphatic carbocycles. The first kappa shape index (κ1) is 38.9. The average molecular weight is 569 g/mol. The number of aliphatic hydroxyl groups excluding tert-OH is 1. The topological polar surface area (TPSA) is 72.8 Å². The monoisotopic (exact) mass is 569 g/mol. The molecule has 0 saturated carbocycles. The molecule has 0 heterocycles. The second-order valence-electron chi connectivity index (χ2n) is 13.0. The lowest BCUT2D eigenvalue weighted by Gasteiger charge is -2.12. The predicted molar refractivity (Wildman–Crippen MR) is 168 cm³/mol. The Morgan fingerprint density at radius 2 is 0.700 bits per heavy atom. The Morgan fingerprint density at radius 3 is 0.975 bits per heavy atom. The van der Waals surface area contributed by atoms with Crippen molar-refractivity contribution in [3.8, 4) is 0 Å². The first-order valence-electron chi connectivity index (χ1n) is 17.3. The molecule has 0 rings (SSSR count). The van der Waals surface area contributed by atoms with Crippen molar-refractivity contribution in [2.45, 2.75) is 188 Å². The van der Waals surface area contributed by atoms with Crippen molar-refractivity contribution in [1.29, 1.82) is 0 Å². The van der Waals surface area contributed by atoms with E-state index in [0.717, 1.165) is 43.9 Å². The molecule has 1 N–H and O–H groups in total. The van der Waals surface area contributed by atoms with Crippen LogP contribution >= 0.6 is 0 Å². The highest BCUT2D eigenvalue weighted by Crippen LogP contribution is 2.15. The number of carbonyl (C=O) groups excluding carboxylic acids is 2. The number of hydrogen-bond donors (Lipinski definition) is 1. The SMILES string of the molecule is CC(C)CCCCCCCCCCCCCCCC(=O)OC[C@H](O)COC(=O)CCCCCCCCCC(C)C. The normalized spacial score (nSPS) is 12.3. The molecule has 0 unspecified atom stereocenters. The molecule has 0 radical (unpaired) electrons. The van der Waals surface area contributed by atoms with Gasteiger partial charge in [-0.1, -0.05) is 156 Å². The van der Waals surface area contributed by atoms with Gasteiger partial charge in [-0.25, -0.2) is 0 Å². The summed E-state index contributed by atoms with van der Waals surface area (Å²) in [5, 5.41) is 9.95. The summed E-state index contributed by atoms with van der Waals surface area (Å²) in [5.74, 6) is 1.08. The van der Waals surface area contributed by atoms with Gasteiger partial charge in [0.05, 0.1) is 0 Å². The summed E-state index contributed by atoms with van der Waals surface area (Å²) in [6.45, 7) is 8.94. The standard InChI is InChI=1S/C35H68O5/c1-31(2)25-21-17-13-10-8-6-5-7-9-11-15-19-23-27-34(37)39-29-33(36)30-40-35(38)28-24-20-16-12-14-18-22-26-32(3)4/h31-33,36H,5-30H2,1-4H3/t33-/m0/s1. The third kappa shape index (κ3) is 31.4. The third-order valence-corrected chi connectivity index (χ3v) is 7.70. The van der Waals surface area contributed by atoms with E-state index in [1.807, 2.05) is 0 Å². The van der Waals surface area contributed by atoms with E-state index < -0.39 is 6.10 Å². The quantitative estimate of drug-likeness (QED) is 0.0689. The van der Waals surface area contributed by atoms with Crippen LogP contribution in [0.3, 0.4) is 0 Å². The first-order valence-corrected chi connectivity index (χ1v) is 17.3. The second kappa shape index (κ2) is 29.4. The molecule has 0 fully saturated rings. The van der Waals surface area contributed by atoms with E-state index >= 15 is 0 Å². The number of aliphatic hydroxyl groups is 1. The number of esters is 2. The third-order valence-electron chi connectivity index (χ3n) is 7.70. The zero-order valence-corrected chi connectivity index (χ0v) is 27.2. The van der Waals surface area contributed by atoms with Gasteiger partial charge in [0.2, 0.25) is 0 Å². The van der Waals surface area contributed by atoms with Crippen molar-refractivity contribution in [2.24, 2.45) is 11.8 Å². The summed E-state index contributed by atoms with van der Waals surface area (Å²) in [5.41, 5.74) is 0. The minimum absolute atomic E-state index is 0.110.